The zero-order chi connectivity index (χ0) is 18.5. The van der Waals surface area contributed by atoms with Crippen LogP contribution in [0.4, 0.5) is 0 Å². The van der Waals surface area contributed by atoms with E-state index in [0.717, 1.165) is 24.8 Å². The number of hydrogen-bond donors (Lipinski definition) is 0. The number of nitrogens with zero attached hydrogens (tertiary/aromatic N) is 2. The molecule has 1 aliphatic carbocycles. The number of rotatable bonds is 6. The van der Waals surface area contributed by atoms with E-state index in [9.17, 15) is 4.79 Å². The summed E-state index contributed by atoms with van der Waals surface area (Å²) in [5.74, 6) is 0.797. The van der Waals surface area contributed by atoms with E-state index in [2.05, 4.69) is 17.1 Å². The van der Waals surface area contributed by atoms with Gasteiger partial charge in [0.25, 0.3) is 5.91 Å². The van der Waals surface area contributed by atoms with Crippen molar-refractivity contribution >= 4 is 5.91 Å². The fourth-order valence-electron chi connectivity index (χ4n) is 3.61. The molecule has 1 saturated heterocycles. The molecule has 0 radical (unpaired) electrons. The molecule has 1 aromatic heterocycles. The largest absolute Gasteiger partial charge is 0.443 e. The highest BCUT2D eigenvalue weighted by Gasteiger charge is 2.29. The van der Waals surface area contributed by atoms with Gasteiger partial charge in [-0.2, -0.15) is 0 Å². The average molecular weight is 368 g/mol. The lowest BCUT2D eigenvalue weighted by molar-refractivity contribution is -0.0591. The molecule has 1 atom stereocenters. The fraction of sp³-hybridized carbons (Fsp3) is 0.429. The molecular formula is C21H24N2O4. The smallest absolute Gasteiger partial charge is 0.276 e. The number of allylic oxidation sites excluding steroid dienone is 2. The highest BCUT2D eigenvalue weighted by molar-refractivity contribution is 5.97. The van der Waals surface area contributed by atoms with E-state index >= 15 is 0 Å². The van der Waals surface area contributed by atoms with E-state index in [-0.39, 0.29) is 12.2 Å². The van der Waals surface area contributed by atoms with Crippen LogP contribution in [0.5, 0.6) is 0 Å². The quantitative estimate of drug-likeness (QED) is 0.730. The summed E-state index contributed by atoms with van der Waals surface area (Å²) in [6, 6.07) is 9.59. The monoisotopic (exact) mass is 368 g/mol. The summed E-state index contributed by atoms with van der Waals surface area (Å²) in [5.41, 5.74) is 1.18. The van der Waals surface area contributed by atoms with Gasteiger partial charge < -0.3 is 18.8 Å². The molecule has 1 aliphatic heterocycles. The van der Waals surface area contributed by atoms with Gasteiger partial charge in [0.05, 0.1) is 19.8 Å². The SMILES string of the molecule is O=C(c1ncoc1-c1ccccc1)N(CC1OCCO1)C[C@H]1CC=CCC1. The lowest BCUT2D eigenvalue weighted by atomic mass is 9.94. The molecular weight excluding hydrogens is 344 g/mol. The molecule has 0 saturated carbocycles. The van der Waals surface area contributed by atoms with Crippen LogP contribution in [0.15, 0.2) is 53.3 Å². The Morgan fingerprint density at radius 3 is 2.67 bits per heavy atom. The van der Waals surface area contributed by atoms with Crippen LogP contribution in [-0.2, 0) is 9.47 Å². The zero-order valence-corrected chi connectivity index (χ0v) is 15.3. The Hall–Kier alpha value is -2.44. The number of amides is 1. The van der Waals surface area contributed by atoms with Gasteiger partial charge >= 0.3 is 0 Å². The number of oxazole rings is 1. The lowest BCUT2D eigenvalue weighted by Gasteiger charge is -2.29. The van der Waals surface area contributed by atoms with Gasteiger partial charge in [0.15, 0.2) is 24.1 Å². The minimum absolute atomic E-state index is 0.142. The van der Waals surface area contributed by atoms with Crippen LogP contribution < -0.4 is 0 Å². The van der Waals surface area contributed by atoms with Crippen molar-refractivity contribution < 1.29 is 18.7 Å². The Bertz CT molecular complexity index is 780. The molecule has 2 aliphatic rings. The molecule has 0 bridgehead atoms. The minimum Gasteiger partial charge on any atom is -0.443 e. The van der Waals surface area contributed by atoms with E-state index in [4.69, 9.17) is 13.9 Å². The van der Waals surface area contributed by atoms with E-state index in [1.807, 2.05) is 35.2 Å². The van der Waals surface area contributed by atoms with Crippen LogP contribution in [0.2, 0.25) is 0 Å². The summed E-state index contributed by atoms with van der Waals surface area (Å²) in [5, 5.41) is 0. The van der Waals surface area contributed by atoms with Gasteiger partial charge in [-0.3, -0.25) is 4.79 Å². The van der Waals surface area contributed by atoms with Crippen molar-refractivity contribution in [1.82, 2.24) is 9.88 Å². The standard InChI is InChI=1S/C21H24N2O4/c24-21(19-20(27-15-22-19)17-9-5-2-6-10-17)23(14-18-25-11-12-26-18)13-16-7-3-1-4-8-16/h1-3,5-6,9-10,15-16,18H,4,7-8,11-14H2/t16-/m0/s1. The summed E-state index contributed by atoms with van der Waals surface area (Å²) >= 11 is 0. The van der Waals surface area contributed by atoms with E-state index < -0.39 is 0 Å². The lowest BCUT2D eigenvalue weighted by Crippen LogP contribution is -2.41. The first kappa shape index (κ1) is 17.9. The van der Waals surface area contributed by atoms with E-state index in [1.165, 1.54) is 6.39 Å². The Morgan fingerprint density at radius 1 is 1.11 bits per heavy atom. The molecule has 1 fully saturated rings. The van der Waals surface area contributed by atoms with Crippen molar-refractivity contribution in [3.05, 3.63) is 54.6 Å². The molecule has 4 rings (SSSR count). The van der Waals surface area contributed by atoms with E-state index in [1.54, 1.807) is 0 Å². The van der Waals surface area contributed by atoms with Gasteiger partial charge in [0, 0.05) is 12.1 Å². The predicted octanol–water partition coefficient (Wildman–Crippen LogP) is 3.51. The molecule has 1 aromatic carbocycles. The van der Waals surface area contributed by atoms with Crippen LogP contribution in [0.1, 0.15) is 29.8 Å². The number of aromatic nitrogens is 1. The predicted molar refractivity (Wildman–Crippen MR) is 100 cm³/mol. The van der Waals surface area contributed by atoms with Gasteiger partial charge in [0.1, 0.15) is 0 Å². The number of carbonyl (C=O) groups is 1. The van der Waals surface area contributed by atoms with Crippen LogP contribution in [-0.4, -0.2) is 48.4 Å². The topological polar surface area (TPSA) is 64.8 Å². The maximum Gasteiger partial charge on any atom is 0.276 e. The first-order chi connectivity index (χ1) is 13.3. The number of ether oxygens (including phenoxy) is 2. The van der Waals surface area contributed by atoms with Gasteiger partial charge in [-0.05, 0) is 25.2 Å². The van der Waals surface area contributed by atoms with Gasteiger partial charge in [-0.25, -0.2) is 4.98 Å². The van der Waals surface area contributed by atoms with Crippen LogP contribution in [0, 0.1) is 5.92 Å². The normalized spacial score (nSPS) is 20.1. The van der Waals surface area contributed by atoms with Crippen LogP contribution in [0.25, 0.3) is 11.3 Å². The summed E-state index contributed by atoms with van der Waals surface area (Å²) < 4.78 is 16.7. The van der Waals surface area contributed by atoms with Crippen molar-refractivity contribution in [3.8, 4) is 11.3 Å². The Morgan fingerprint density at radius 2 is 1.93 bits per heavy atom. The summed E-state index contributed by atoms with van der Waals surface area (Å²) in [4.78, 5) is 19.4. The van der Waals surface area contributed by atoms with Crippen LogP contribution >= 0.6 is 0 Å². The second-order valence-electron chi connectivity index (χ2n) is 6.93. The van der Waals surface area contributed by atoms with Crippen molar-refractivity contribution in [2.45, 2.75) is 25.6 Å². The Labute approximate surface area is 158 Å². The van der Waals surface area contributed by atoms with Gasteiger partial charge in [0.2, 0.25) is 0 Å². The third-order valence-corrected chi connectivity index (χ3v) is 5.01. The van der Waals surface area contributed by atoms with Gasteiger partial charge in [-0.1, -0.05) is 42.5 Å². The third kappa shape index (κ3) is 4.28. The minimum atomic E-state index is -0.375. The molecule has 0 unspecified atom stereocenters. The zero-order valence-electron chi connectivity index (χ0n) is 15.3. The van der Waals surface area contributed by atoms with Crippen molar-refractivity contribution in [2.75, 3.05) is 26.3 Å². The number of hydrogen-bond acceptors (Lipinski definition) is 5. The first-order valence-corrected chi connectivity index (χ1v) is 9.47. The molecule has 142 valence electrons. The molecule has 6 heteroatoms. The fourth-order valence-corrected chi connectivity index (χ4v) is 3.61. The maximum absolute atomic E-state index is 13.3. The molecule has 6 nitrogen and oxygen atoms in total. The number of carbonyl (C=O) groups excluding carboxylic acids is 1. The van der Waals surface area contributed by atoms with Crippen LogP contribution in [0.3, 0.4) is 0 Å². The van der Waals surface area contributed by atoms with Crippen molar-refractivity contribution in [2.24, 2.45) is 5.92 Å². The second kappa shape index (κ2) is 8.50. The van der Waals surface area contributed by atoms with Crippen molar-refractivity contribution in [1.29, 1.82) is 0 Å². The molecule has 0 N–H and O–H groups in total. The first-order valence-electron chi connectivity index (χ1n) is 9.47. The highest BCUT2D eigenvalue weighted by atomic mass is 16.7. The summed E-state index contributed by atoms with van der Waals surface area (Å²) in [6.07, 6.45) is 8.49. The van der Waals surface area contributed by atoms with E-state index in [0.29, 0.717) is 43.7 Å². The number of benzene rings is 1. The molecule has 2 heterocycles. The maximum atomic E-state index is 13.3. The summed E-state index contributed by atoms with van der Waals surface area (Å²) in [7, 11) is 0. The summed E-state index contributed by atoms with van der Waals surface area (Å²) in [6.45, 7) is 2.20. The van der Waals surface area contributed by atoms with Gasteiger partial charge in [-0.15, -0.1) is 0 Å². The molecule has 0 spiro atoms. The van der Waals surface area contributed by atoms with Crippen molar-refractivity contribution in [3.63, 3.8) is 0 Å². The Balaban J connectivity index is 1.56. The third-order valence-electron chi connectivity index (χ3n) is 5.01. The highest BCUT2D eigenvalue weighted by Crippen LogP contribution is 2.26. The Kier molecular flexibility index (Phi) is 5.65. The molecule has 2 aromatic rings. The molecule has 1 amide bonds. The second-order valence-corrected chi connectivity index (χ2v) is 6.93. The molecule has 27 heavy (non-hydrogen) atoms. The average Bonchev–Trinajstić information content (AvgIpc) is 3.40.